The first kappa shape index (κ1) is 15.0. The molecule has 1 N–H and O–H groups in total. The van der Waals surface area contributed by atoms with Crippen LogP contribution in [-0.4, -0.2) is 25.0 Å². The van der Waals surface area contributed by atoms with Gasteiger partial charge in [0.25, 0.3) is 5.91 Å². The Labute approximate surface area is 123 Å². The van der Waals surface area contributed by atoms with E-state index < -0.39 is 0 Å². The topological polar surface area (TPSA) is 55.4 Å². The van der Waals surface area contributed by atoms with E-state index in [4.69, 9.17) is 4.74 Å². The number of thiophene rings is 1. The van der Waals surface area contributed by atoms with Crippen LogP contribution in [0.2, 0.25) is 0 Å². The summed E-state index contributed by atoms with van der Waals surface area (Å²) in [7, 11) is 0. The lowest BCUT2D eigenvalue weighted by Crippen LogP contribution is -2.28. The number of aryl methyl sites for hydroxylation is 1. The lowest BCUT2D eigenvalue weighted by Gasteiger charge is -2.19. The molecule has 110 valence electrons. The normalized spacial score (nSPS) is 17.4. The minimum absolute atomic E-state index is 0.202. The number of esters is 1. The Morgan fingerprint density at radius 3 is 2.95 bits per heavy atom. The molecule has 0 spiro atoms. The summed E-state index contributed by atoms with van der Waals surface area (Å²) in [6.45, 7) is 4.38. The van der Waals surface area contributed by atoms with Crippen molar-refractivity contribution < 1.29 is 14.3 Å². The van der Waals surface area contributed by atoms with Gasteiger partial charge in [-0.25, -0.2) is 4.79 Å². The quantitative estimate of drug-likeness (QED) is 0.849. The lowest BCUT2D eigenvalue weighted by atomic mass is 9.87. The molecule has 1 amide bonds. The van der Waals surface area contributed by atoms with Gasteiger partial charge in [-0.2, -0.15) is 0 Å². The number of hydrogen-bond donors (Lipinski definition) is 1. The molecule has 0 bridgehead atoms. The van der Waals surface area contributed by atoms with E-state index in [1.54, 1.807) is 0 Å². The third kappa shape index (κ3) is 3.60. The van der Waals surface area contributed by atoms with Gasteiger partial charge in [-0.05, 0) is 43.7 Å². The summed E-state index contributed by atoms with van der Waals surface area (Å²) in [5, 5.41) is 2.60. The summed E-state index contributed by atoms with van der Waals surface area (Å²) in [5.74, 6) is 0.0909. The second-order valence-electron chi connectivity index (χ2n) is 5.11. The highest BCUT2D eigenvalue weighted by Gasteiger charge is 2.22. The molecule has 0 saturated heterocycles. The van der Waals surface area contributed by atoms with Crippen LogP contribution in [0.1, 0.15) is 46.8 Å². The Morgan fingerprint density at radius 1 is 1.45 bits per heavy atom. The molecule has 0 fully saturated rings. The number of rotatable bonds is 5. The number of carbonyl (C=O) groups is 2. The summed E-state index contributed by atoms with van der Waals surface area (Å²) in [4.78, 5) is 25.1. The molecule has 0 radical (unpaired) electrons. The first-order valence-electron chi connectivity index (χ1n) is 7.19. The molecule has 1 aromatic heterocycles. The molecule has 5 heteroatoms. The maximum Gasteiger partial charge on any atom is 0.348 e. The molecule has 0 unspecified atom stereocenters. The molecule has 0 aliphatic heterocycles. The van der Waals surface area contributed by atoms with E-state index in [-0.39, 0.29) is 18.5 Å². The van der Waals surface area contributed by atoms with Gasteiger partial charge in [0, 0.05) is 11.4 Å². The van der Waals surface area contributed by atoms with Gasteiger partial charge in [0.15, 0.2) is 6.61 Å². The van der Waals surface area contributed by atoms with E-state index in [0.29, 0.717) is 11.4 Å². The molecule has 1 aromatic rings. The van der Waals surface area contributed by atoms with Crippen molar-refractivity contribution in [2.75, 3.05) is 13.2 Å². The zero-order valence-electron chi connectivity index (χ0n) is 12.0. The van der Waals surface area contributed by atoms with Crippen LogP contribution in [-0.2, 0) is 22.4 Å². The zero-order valence-corrected chi connectivity index (χ0v) is 12.8. The van der Waals surface area contributed by atoms with E-state index >= 15 is 0 Å². The monoisotopic (exact) mass is 295 g/mol. The first-order chi connectivity index (χ1) is 9.63. The smallest absolute Gasteiger partial charge is 0.348 e. The molecular weight excluding hydrogens is 274 g/mol. The average molecular weight is 295 g/mol. The second-order valence-corrected chi connectivity index (χ2v) is 6.24. The fraction of sp³-hybridized carbons (Fsp3) is 0.600. The fourth-order valence-electron chi connectivity index (χ4n) is 2.50. The highest BCUT2D eigenvalue weighted by Crippen LogP contribution is 2.33. The van der Waals surface area contributed by atoms with Gasteiger partial charge < -0.3 is 10.1 Å². The predicted molar refractivity (Wildman–Crippen MR) is 79.1 cm³/mol. The lowest BCUT2D eigenvalue weighted by molar-refractivity contribution is -0.124. The average Bonchev–Trinajstić information content (AvgIpc) is 2.87. The zero-order chi connectivity index (χ0) is 14.5. The number of hydrogen-bond acceptors (Lipinski definition) is 4. The summed E-state index contributed by atoms with van der Waals surface area (Å²) >= 11 is 1.51. The van der Waals surface area contributed by atoms with E-state index in [0.717, 1.165) is 18.8 Å². The van der Waals surface area contributed by atoms with Crippen molar-refractivity contribution in [3.05, 3.63) is 21.4 Å². The molecule has 1 aliphatic carbocycles. The van der Waals surface area contributed by atoms with Crippen molar-refractivity contribution in [3.63, 3.8) is 0 Å². The van der Waals surface area contributed by atoms with Crippen LogP contribution in [0.5, 0.6) is 0 Å². The maximum absolute atomic E-state index is 11.9. The van der Waals surface area contributed by atoms with Gasteiger partial charge in [-0.15, -0.1) is 11.3 Å². The third-order valence-corrected chi connectivity index (χ3v) is 4.89. The molecule has 1 aliphatic rings. The van der Waals surface area contributed by atoms with Crippen LogP contribution < -0.4 is 5.32 Å². The van der Waals surface area contributed by atoms with Crippen molar-refractivity contribution in [3.8, 4) is 0 Å². The molecule has 4 nitrogen and oxygen atoms in total. The fourth-order valence-corrected chi connectivity index (χ4v) is 3.60. The number of carbonyl (C=O) groups excluding carboxylic acids is 2. The molecule has 0 aromatic carbocycles. The largest absolute Gasteiger partial charge is 0.451 e. The van der Waals surface area contributed by atoms with Crippen LogP contribution in [0.4, 0.5) is 0 Å². The van der Waals surface area contributed by atoms with Gasteiger partial charge in [-0.1, -0.05) is 13.3 Å². The second kappa shape index (κ2) is 6.88. The van der Waals surface area contributed by atoms with Crippen molar-refractivity contribution in [1.82, 2.24) is 5.32 Å². The third-order valence-electron chi connectivity index (χ3n) is 3.67. The number of amides is 1. The minimum Gasteiger partial charge on any atom is -0.451 e. The van der Waals surface area contributed by atoms with E-state index in [2.05, 4.69) is 12.2 Å². The SMILES string of the molecule is CCNC(=O)COC(=O)c1cc2c(s1)CC[C@H](CC)C2. The Bertz CT molecular complexity index is 495. The number of likely N-dealkylation sites (N-methyl/N-ethyl adjacent to an activating group) is 1. The molecule has 1 atom stereocenters. The van der Waals surface area contributed by atoms with Gasteiger partial charge in [0.1, 0.15) is 4.88 Å². The highest BCUT2D eigenvalue weighted by molar-refractivity contribution is 7.14. The standard InChI is InChI=1S/C15H21NO3S/c1-3-10-5-6-12-11(7-10)8-13(20-12)15(18)19-9-14(17)16-4-2/h8,10H,3-7,9H2,1-2H3,(H,16,17)/t10-/m0/s1. The summed E-state index contributed by atoms with van der Waals surface area (Å²) in [6.07, 6.45) is 4.51. The van der Waals surface area contributed by atoms with Crippen LogP contribution in [0.3, 0.4) is 0 Å². The Kier molecular flexibility index (Phi) is 5.17. The summed E-state index contributed by atoms with van der Waals surface area (Å²) in [6, 6.07) is 1.95. The van der Waals surface area contributed by atoms with Crippen molar-refractivity contribution >= 4 is 23.2 Å². The Morgan fingerprint density at radius 2 is 2.25 bits per heavy atom. The van der Waals surface area contributed by atoms with E-state index in [1.807, 2.05) is 13.0 Å². The molecule has 1 heterocycles. The minimum atomic E-state index is -0.385. The predicted octanol–water partition coefficient (Wildman–Crippen LogP) is 2.56. The number of fused-ring (bicyclic) bond motifs is 1. The highest BCUT2D eigenvalue weighted by atomic mass is 32.1. The van der Waals surface area contributed by atoms with Crippen LogP contribution in [0.25, 0.3) is 0 Å². The summed E-state index contributed by atoms with van der Waals surface area (Å²) in [5.41, 5.74) is 1.29. The van der Waals surface area contributed by atoms with E-state index in [1.165, 1.54) is 34.6 Å². The van der Waals surface area contributed by atoms with E-state index in [9.17, 15) is 9.59 Å². The van der Waals surface area contributed by atoms with Crippen molar-refractivity contribution in [1.29, 1.82) is 0 Å². The number of nitrogens with one attached hydrogen (secondary N) is 1. The molecular formula is C15H21NO3S. The van der Waals surface area contributed by atoms with Crippen molar-refractivity contribution in [2.45, 2.75) is 39.5 Å². The summed E-state index contributed by atoms with van der Waals surface area (Å²) < 4.78 is 5.03. The molecule has 0 saturated carbocycles. The van der Waals surface area contributed by atoms with Crippen LogP contribution in [0, 0.1) is 5.92 Å². The maximum atomic E-state index is 11.9. The number of ether oxygens (including phenoxy) is 1. The van der Waals surface area contributed by atoms with Crippen LogP contribution >= 0.6 is 11.3 Å². The van der Waals surface area contributed by atoms with Gasteiger partial charge in [0.2, 0.25) is 0 Å². The van der Waals surface area contributed by atoms with Crippen LogP contribution in [0.15, 0.2) is 6.07 Å². The van der Waals surface area contributed by atoms with Gasteiger partial charge in [-0.3, -0.25) is 4.79 Å². The first-order valence-corrected chi connectivity index (χ1v) is 8.01. The van der Waals surface area contributed by atoms with Crippen molar-refractivity contribution in [2.24, 2.45) is 5.92 Å². The molecule has 2 rings (SSSR count). The Hall–Kier alpha value is -1.36. The van der Waals surface area contributed by atoms with Gasteiger partial charge in [0.05, 0.1) is 0 Å². The molecule has 20 heavy (non-hydrogen) atoms. The van der Waals surface area contributed by atoms with Gasteiger partial charge >= 0.3 is 5.97 Å². The Balaban J connectivity index is 1.95.